The molecule has 2 rings (SSSR count). The predicted octanol–water partition coefficient (Wildman–Crippen LogP) is 3.21. The van der Waals surface area contributed by atoms with Crippen molar-refractivity contribution in [1.29, 1.82) is 5.26 Å². The number of carbonyl (C=O) groups is 1. The normalized spacial score (nSPS) is 28.9. The van der Waals surface area contributed by atoms with Crippen LogP contribution < -0.4 is 5.32 Å². The highest BCUT2D eigenvalue weighted by molar-refractivity contribution is 6.31. The molecule has 4 nitrogen and oxygen atoms in total. The average molecular weight is 293 g/mol. The second-order valence-corrected chi connectivity index (χ2v) is 5.66. The van der Waals surface area contributed by atoms with Gasteiger partial charge in [0.1, 0.15) is 6.07 Å². The van der Waals surface area contributed by atoms with Gasteiger partial charge in [-0.1, -0.05) is 18.5 Å². The Labute approximate surface area is 123 Å². The number of carbonyl (C=O) groups excluding carboxylic acids is 1. The van der Waals surface area contributed by atoms with Gasteiger partial charge in [0.15, 0.2) is 0 Å². The highest BCUT2D eigenvalue weighted by atomic mass is 35.5. The number of hydrogen-bond acceptors (Lipinski definition) is 3. The van der Waals surface area contributed by atoms with E-state index in [2.05, 4.69) is 5.32 Å². The molecular weight excluding hydrogens is 276 g/mol. The lowest BCUT2D eigenvalue weighted by molar-refractivity contribution is -0.121. The third-order valence-corrected chi connectivity index (χ3v) is 4.14. The van der Waals surface area contributed by atoms with Gasteiger partial charge in [0.25, 0.3) is 0 Å². The van der Waals surface area contributed by atoms with Crippen LogP contribution in [0.25, 0.3) is 0 Å². The van der Waals surface area contributed by atoms with Gasteiger partial charge in [0.2, 0.25) is 5.91 Å². The Bertz CT molecular complexity index is 567. The van der Waals surface area contributed by atoms with E-state index >= 15 is 0 Å². The molecule has 1 aliphatic rings. The fourth-order valence-electron chi connectivity index (χ4n) is 2.65. The average Bonchev–Trinajstić information content (AvgIpc) is 2.63. The minimum Gasteiger partial charge on any atom is -0.374 e. The zero-order chi connectivity index (χ0) is 14.9. The van der Waals surface area contributed by atoms with E-state index in [4.69, 9.17) is 21.6 Å². The smallest absolute Gasteiger partial charge is 0.230 e. The van der Waals surface area contributed by atoms with Gasteiger partial charge in [-0.25, -0.2) is 0 Å². The molecule has 0 saturated carbocycles. The largest absolute Gasteiger partial charge is 0.374 e. The summed E-state index contributed by atoms with van der Waals surface area (Å²) in [5.74, 6) is -0.224. The zero-order valence-corrected chi connectivity index (χ0v) is 12.4. The number of rotatable bonds is 2. The number of nitrogens with one attached hydrogen (secondary N) is 1. The van der Waals surface area contributed by atoms with E-state index in [9.17, 15) is 4.79 Å². The van der Waals surface area contributed by atoms with Crippen LogP contribution in [0.4, 0.5) is 5.69 Å². The van der Waals surface area contributed by atoms with Crippen LogP contribution in [0.2, 0.25) is 5.02 Å². The van der Waals surface area contributed by atoms with Crippen molar-refractivity contribution in [3.05, 3.63) is 28.8 Å². The molecular formula is C15H17ClN2O2. The predicted molar refractivity (Wildman–Crippen MR) is 77.5 cm³/mol. The Morgan fingerprint density at radius 1 is 1.35 bits per heavy atom. The second kappa shape index (κ2) is 5.82. The Morgan fingerprint density at radius 3 is 2.60 bits per heavy atom. The third-order valence-electron chi connectivity index (χ3n) is 3.90. The minimum absolute atomic E-state index is 0.0514. The lowest BCUT2D eigenvalue weighted by Gasteiger charge is -2.18. The van der Waals surface area contributed by atoms with Crippen molar-refractivity contribution < 1.29 is 9.53 Å². The first-order valence-corrected chi connectivity index (χ1v) is 6.97. The molecule has 20 heavy (non-hydrogen) atoms. The van der Waals surface area contributed by atoms with Crippen molar-refractivity contribution in [3.8, 4) is 6.07 Å². The molecule has 0 radical (unpaired) electrons. The molecule has 1 fully saturated rings. The molecule has 1 amide bonds. The fraction of sp³-hybridized carbons (Fsp3) is 0.467. The molecule has 0 aromatic heterocycles. The molecule has 0 aliphatic carbocycles. The van der Waals surface area contributed by atoms with Crippen LogP contribution in [0.15, 0.2) is 18.2 Å². The molecule has 1 saturated heterocycles. The van der Waals surface area contributed by atoms with Gasteiger partial charge in [-0.2, -0.15) is 5.26 Å². The van der Waals surface area contributed by atoms with E-state index < -0.39 is 0 Å². The summed E-state index contributed by atoms with van der Waals surface area (Å²) in [5, 5.41) is 12.3. The van der Waals surface area contributed by atoms with Crippen LogP contribution in [0.3, 0.4) is 0 Å². The quantitative estimate of drug-likeness (QED) is 0.910. The van der Waals surface area contributed by atoms with E-state index in [1.165, 1.54) is 0 Å². The molecule has 0 bridgehead atoms. The fourth-order valence-corrected chi connectivity index (χ4v) is 2.82. The van der Waals surface area contributed by atoms with E-state index in [1.807, 2.05) is 26.8 Å². The van der Waals surface area contributed by atoms with Gasteiger partial charge < -0.3 is 10.1 Å². The number of hydrogen-bond donors (Lipinski definition) is 1. The minimum atomic E-state index is -0.226. The summed E-state index contributed by atoms with van der Waals surface area (Å²) >= 11 is 5.91. The standard InChI is InChI=1S/C15H17ClN2O2/c1-8-9(2)20-10(3)14(8)15(19)18-13-6-12(16)5-4-11(13)7-17/h4-6,8-10,14H,1-3H3,(H,18,19). The SMILES string of the molecule is CC1OC(C)C(C(=O)Nc2cc(Cl)ccc2C#N)C1C. The van der Waals surface area contributed by atoms with E-state index in [-0.39, 0.29) is 30.0 Å². The van der Waals surface area contributed by atoms with Gasteiger partial charge in [-0.3, -0.25) is 4.79 Å². The summed E-state index contributed by atoms with van der Waals surface area (Å²) in [6.07, 6.45) is -0.0831. The topological polar surface area (TPSA) is 62.1 Å². The lowest BCUT2D eigenvalue weighted by atomic mass is 9.88. The van der Waals surface area contributed by atoms with Crippen molar-refractivity contribution >= 4 is 23.2 Å². The number of nitriles is 1. The molecule has 4 atom stereocenters. The first kappa shape index (κ1) is 14.8. The van der Waals surface area contributed by atoms with Crippen LogP contribution in [0.1, 0.15) is 26.3 Å². The number of anilines is 1. The van der Waals surface area contributed by atoms with Crippen molar-refractivity contribution in [1.82, 2.24) is 0 Å². The summed E-state index contributed by atoms with van der Waals surface area (Å²) in [5.41, 5.74) is 0.846. The maximum Gasteiger partial charge on any atom is 0.230 e. The lowest BCUT2D eigenvalue weighted by Crippen LogP contribution is -2.32. The summed E-state index contributed by atoms with van der Waals surface area (Å²) in [6.45, 7) is 5.86. The molecule has 1 aromatic rings. The Hall–Kier alpha value is -1.57. The molecule has 1 N–H and O–H groups in total. The maximum atomic E-state index is 12.4. The molecule has 1 heterocycles. The van der Waals surface area contributed by atoms with Gasteiger partial charge in [0.05, 0.1) is 29.4 Å². The van der Waals surface area contributed by atoms with Crippen LogP contribution >= 0.6 is 11.6 Å². The second-order valence-electron chi connectivity index (χ2n) is 5.22. The van der Waals surface area contributed by atoms with Crippen LogP contribution in [0, 0.1) is 23.2 Å². The van der Waals surface area contributed by atoms with Crippen LogP contribution in [-0.2, 0) is 9.53 Å². The van der Waals surface area contributed by atoms with E-state index in [0.29, 0.717) is 16.3 Å². The van der Waals surface area contributed by atoms with E-state index in [0.717, 1.165) is 0 Å². The summed E-state index contributed by atoms with van der Waals surface area (Å²) in [6, 6.07) is 6.86. The molecule has 1 aromatic carbocycles. The summed E-state index contributed by atoms with van der Waals surface area (Å²) in [4.78, 5) is 12.4. The molecule has 1 aliphatic heterocycles. The highest BCUT2D eigenvalue weighted by Gasteiger charge is 2.41. The van der Waals surface area contributed by atoms with Crippen LogP contribution in [0.5, 0.6) is 0 Å². The molecule has 4 unspecified atom stereocenters. The summed E-state index contributed by atoms with van der Waals surface area (Å²) < 4.78 is 5.67. The van der Waals surface area contributed by atoms with Gasteiger partial charge in [-0.05, 0) is 38.0 Å². The molecule has 106 valence electrons. The summed E-state index contributed by atoms with van der Waals surface area (Å²) in [7, 11) is 0. The number of nitrogens with zero attached hydrogens (tertiary/aromatic N) is 1. The molecule has 5 heteroatoms. The number of amides is 1. The van der Waals surface area contributed by atoms with Gasteiger partial charge in [0, 0.05) is 5.02 Å². The number of halogens is 1. The van der Waals surface area contributed by atoms with Gasteiger partial charge in [-0.15, -0.1) is 0 Å². The Balaban J connectivity index is 2.20. The number of ether oxygens (including phenoxy) is 1. The van der Waals surface area contributed by atoms with Gasteiger partial charge >= 0.3 is 0 Å². The van der Waals surface area contributed by atoms with Crippen molar-refractivity contribution in [2.24, 2.45) is 11.8 Å². The number of benzene rings is 1. The first-order valence-electron chi connectivity index (χ1n) is 6.60. The first-order chi connectivity index (χ1) is 9.43. The monoisotopic (exact) mass is 292 g/mol. The van der Waals surface area contributed by atoms with Crippen LogP contribution in [-0.4, -0.2) is 18.1 Å². The zero-order valence-electron chi connectivity index (χ0n) is 11.7. The van der Waals surface area contributed by atoms with Crippen molar-refractivity contribution in [2.45, 2.75) is 33.0 Å². The van der Waals surface area contributed by atoms with E-state index in [1.54, 1.807) is 18.2 Å². The third kappa shape index (κ3) is 2.79. The maximum absolute atomic E-state index is 12.4. The van der Waals surface area contributed by atoms with Crippen molar-refractivity contribution in [2.75, 3.05) is 5.32 Å². The Morgan fingerprint density at radius 2 is 2.05 bits per heavy atom. The van der Waals surface area contributed by atoms with Crippen molar-refractivity contribution in [3.63, 3.8) is 0 Å². The Kier molecular flexibility index (Phi) is 4.32. The molecule has 0 spiro atoms. The highest BCUT2D eigenvalue weighted by Crippen LogP contribution is 2.33.